The number of carboxylic acids is 1. The maximum atomic E-state index is 13.6. The van der Waals surface area contributed by atoms with Crippen LogP contribution in [0.2, 0.25) is 0 Å². The van der Waals surface area contributed by atoms with E-state index in [2.05, 4.69) is 29.0 Å². The molecule has 0 amide bonds. The molecule has 0 spiro atoms. The molecular formula is C56H70N3O8-. The molecule has 11 heteroatoms. The molecule has 67 heavy (non-hydrogen) atoms. The predicted molar refractivity (Wildman–Crippen MR) is 261 cm³/mol. The normalized spacial score (nSPS) is 23.0. The SMILES string of the molecule is CCCCC[C@@H]1C=C[C@@H](CCCCC[C@H](C(=O)O)[C@H](O)CC[C@]2(O)C[C@H](Cc3ccnc(N)c3)C[C@H]2[C@H](O)c2cc(-c3ccccc3)c(-c3cc(O)cc([O-])c3Cc3ccccc3)[nH]2)[C@H](O)C1. The number of nitrogen functional groups attached to an aromatic ring is 1. The number of phenolic OH excluding ortho intramolecular Hbond substituents is 1. The van der Waals surface area contributed by atoms with Gasteiger partial charge in [-0.2, -0.15) is 0 Å². The average molecular weight is 913 g/mol. The molecule has 2 aromatic heterocycles. The Bertz CT molecular complexity index is 2390. The summed E-state index contributed by atoms with van der Waals surface area (Å²) in [5, 5.41) is 82.3. The maximum Gasteiger partial charge on any atom is 0.309 e. The highest BCUT2D eigenvalue weighted by atomic mass is 16.4. The van der Waals surface area contributed by atoms with Crippen molar-refractivity contribution in [3.05, 3.63) is 132 Å². The van der Waals surface area contributed by atoms with Crippen molar-refractivity contribution in [3.8, 4) is 33.9 Å². The highest BCUT2D eigenvalue weighted by molar-refractivity contribution is 5.85. The molecule has 5 aromatic rings. The van der Waals surface area contributed by atoms with Crippen molar-refractivity contribution in [2.45, 2.75) is 134 Å². The van der Waals surface area contributed by atoms with Crippen LogP contribution in [0.3, 0.4) is 0 Å². The van der Waals surface area contributed by atoms with Crippen LogP contribution in [-0.4, -0.2) is 64.4 Å². The molecule has 0 radical (unpaired) electrons. The van der Waals surface area contributed by atoms with Crippen molar-refractivity contribution < 1.29 is 40.5 Å². The Hall–Kier alpha value is -5.46. The summed E-state index contributed by atoms with van der Waals surface area (Å²) in [5.41, 5.74) is 9.88. The molecular weight excluding hydrogens is 843 g/mol. The van der Waals surface area contributed by atoms with Gasteiger partial charge >= 0.3 is 5.97 Å². The van der Waals surface area contributed by atoms with Gasteiger partial charge in [-0.25, -0.2) is 4.98 Å². The molecule has 2 aliphatic rings. The Balaban J connectivity index is 1.09. The van der Waals surface area contributed by atoms with Gasteiger partial charge in [0.15, 0.2) is 0 Å². The minimum absolute atomic E-state index is 0.0216. The Morgan fingerprint density at radius 3 is 2.34 bits per heavy atom. The van der Waals surface area contributed by atoms with Gasteiger partial charge in [0, 0.05) is 34.9 Å². The van der Waals surface area contributed by atoms with E-state index in [0.717, 1.165) is 48.8 Å². The number of unbranched alkanes of at least 4 members (excludes halogenated alkanes) is 4. The number of anilines is 1. The van der Waals surface area contributed by atoms with Crippen molar-refractivity contribution in [3.63, 3.8) is 0 Å². The zero-order valence-electron chi connectivity index (χ0n) is 38.8. The van der Waals surface area contributed by atoms with E-state index < -0.39 is 35.6 Å². The van der Waals surface area contributed by atoms with Crippen LogP contribution in [-0.2, 0) is 17.6 Å². The number of hydrogen-bond donors (Lipinski definition) is 8. The Morgan fingerprint density at radius 2 is 1.63 bits per heavy atom. The number of carbonyl (C=O) groups is 1. The molecule has 1 saturated carbocycles. The number of aliphatic carboxylic acids is 1. The lowest BCUT2D eigenvalue weighted by Gasteiger charge is -2.34. The summed E-state index contributed by atoms with van der Waals surface area (Å²) >= 11 is 0. The second-order valence-electron chi connectivity index (χ2n) is 19.6. The van der Waals surface area contributed by atoms with E-state index in [1.807, 2.05) is 72.8 Å². The van der Waals surface area contributed by atoms with Gasteiger partial charge in [-0.05, 0) is 129 Å². The Kier molecular flexibility index (Phi) is 17.0. The third-order valence-electron chi connectivity index (χ3n) is 14.7. The number of nitrogens with two attached hydrogens (primary N) is 1. The number of aliphatic hydroxyl groups is 4. The number of aromatic nitrogens is 2. The number of aliphatic hydroxyl groups excluding tert-OH is 3. The van der Waals surface area contributed by atoms with Gasteiger partial charge in [-0.3, -0.25) is 4.79 Å². The minimum Gasteiger partial charge on any atom is -0.872 e. The summed E-state index contributed by atoms with van der Waals surface area (Å²) in [4.78, 5) is 20.2. The number of rotatable bonds is 23. The first-order chi connectivity index (χ1) is 32.3. The first kappa shape index (κ1) is 49.4. The lowest BCUT2D eigenvalue weighted by Crippen LogP contribution is -2.39. The van der Waals surface area contributed by atoms with Crippen molar-refractivity contribution >= 4 is 11.8 Å². The van der Waals surface area contributed by atoms with Crippen molar-refractivity contribution in [2.24, 2.45) is 29.6 Å². The summed E-state index contributed by atoms with van der Waals surface area (Å²) < 4.78 is 0. The molecule has 1 fully saturated rings. The highest BCUT2D eigenvalue weighted by Gasteiger charge is 2.50. The number of aromatic hydroxyl groups is 1. The Morgan fingerprint density at radius 1 is 0.881 bits per heavy atom. The van der Waals surface area contributed by atoms with E-state index in [-0.39, 0.29) is 48.7 Å². The molecule has 2 aliphatic carbocycles. The number of nitrogens with one attached hydrogen (secondary N) is 1. The largest absolute Gasteiger partial charge is 0.872 e. The molecule has 3 aromatic carbocycles. The van der Waals surface area contributed by atoms with Gasteiger partial charge in [0.1, 0.15) is 11.6 Å². The van der Waals surface area contributed by atoms with Gasteiger partial charge in [0.2, 0.25) is 0 Å². The van der Waals surface area contributed by atoms with Crippen LogP contribution in [0, 0.1) is 29.6 Å². The molecule has 0 unspecified atom stereocenters. The summed E-state index contributed by atoms with van der Waals surface area (Å²) in [6.45, 7) is 2.19. The smallest absolute Gasteiger partial charge is 0.309 e. The monoisotopic (exact) mass is 913 g/mol. The van der Waals surface area contributed by atoms with Gasteiger partial charge in [0.25, 0.3) is 0 Å². The number of pyridine rings is 1. The zero-order chi connectivity index (χ0) is 47.5. The predicted octanol–water partition coefficient (Wildman–Crippen LogP) is 9.66. The number of benzene rings is 3. The number of nitrogens with zero attached hydrogens (tertiary/aromatic N) is 1. The summed E-state index contributed by atoms with van der Waals surface area (Å²) in [5.74, 6) is -2.49. The fourth-order valence-corrected chi connectivity index (χ4v) is 11.0. The average Bonchev–Trinajstić information content (AvgIpc) is 3.90. The number of hydrogen-bond acceptors (Lipinski definition) is 9. The lowest BCUT2D eigenvalue weighted by molar-refractivity contribution is -0.269. The van der Waals surface area contributed by atoms with Crippen molar-refractivity contribution in [1.82, 2.24) is 9.97 Å². The van der Waals surface area contributed by atoms with Gasteiger partial charge in [-0.1, -0.05) is 118 Å². The number of allylic oxidation sites excluding steroid dienone is 1. The summed E-state index contributed by atoms with van der Waals surface area (Å²) in [7, 11) is 0. The van der Waals surface area contributed by atoms with Gasteiger partial charge in [-0.15, -0.1) is 5.75 Å². The molecule has 9 N–H and O–H groups in total. The van der Waals surface area contributed by atoms with Crippen LogP contribution in [0.5, 0.6) is 11.5 Å². The third-order valence-corrected chi connectivity index (χ3v) is 14.7. The second-order valence-corrected chi connectivity index (χ2v) is 19.6. The van der Waals surface area contributed by atoms with Crippen molar-refractivity contribution in [1.29, 1.82) is 0 Å². The number of aromatic amines is 1. The fraction of sp³-hybridized carbons (Fsp3) is 0.464. The van der Waals surface area contributed by atoms with Gasteiger partial charge in [0.05, 0.1) is 35.5 Å². The van der Waals surface area contributed by atoms with Crippen LogP contribution < -0.4 is 10.8 Å². The molecule has 11 nitrogen and oxygen atoms in total. The van der Waals surface area contributed by atoms with Crippen LogP contribution in [0.15, 0.2) is 109 Å². The van der Waals surface area contributed by atoms with E-state index >= 15 is 0 Å². The molecule has 2 heterocycles. The first-order valence-corrected chi connectivity index (χ1v) is 24.6. The van der Waals surface area contributed by atoms with Crippen LogP contribution in [0.1, 0.15) is 125 Å². The molecule has 0 bridgehead atoms. The van der Waals surface area contributed by atoms with E-state index in [1.54, 1.807) is 18.3 Å². The number of H-pyrrole nitrogens is 1. The summed E-state index contributed by atoms with van der Waals surface area (Å²) in [6, 6.07) is 27.5. The molecule has 0 saturated heterocycles. The summed E-state index contributed by atoms with van der Waals surface area (Å²) in [6.07, 6.45) is 13.8. The Labute approximate surface area is 395 Å². The molecule has 7 rings (SSSR count). The van der Waals surface area contributed by atoms with Crippen LogP contribution in [0.25, 0.3) is 22.4 Å². The van der Waals surface area contributed by atoms with Crippen LogP contribution in [0.4, 0.5) is 5.82 Å². The zero-order valence-corrected chi connectivity index (χ0v) is 38.8. The first-order valence-electron chi connectivity index (χ1n) is 24.6. The number of phenols is 1. The molecule has 9 atom stereocenters. The van der Waals surface area contributed by atoms with E-state index in [4.69, 9.17) is 5.73 Å². The molecule has 0 aliphatic heterocycles. The third kappa shape index (κ3) is 12.8. The highest BCUT2D eigenvalue weighted by Crippen LogP contribution is 2.51. The maximum absolute atomic E-state index is 13.6. The standard InChI is InChI=1S/C56H71N3O8/c1-2-3-7-14-37-21-22-41(50(62)30-37)19-12-6-13-20-43(55(65)66)49(61)23-25-56(67)35-39(27-38-24-26-58-52(57)31-38)29-47(56)54(64)48-34-44(40-17-10-5-11-18-40)53(59-48)46-32-42(60)33-51(63)45(46)28-36-15-8-4-9-16-36/h4-5,8-11,15-18,21-22,24,26,31-34,37,39,41,43,47,49-50,54,59-64,67H,2-3,6-7,12-14,19-20,23,25,27-30,35H2,1H3,(H2,57,58)(H,65,66)/p-1/t37-,39-,41-,43+,47+,49-,50-,54+,56+/m1/s1. The minimum atomic E-state index is -1.49. The fourth-order valence-electron chi connectivity index (χ4n) is 11.0. The molecule has 358 valence electrons. The van der Waals surface area contributed by atoms with E-state index in [1.165, 1.54) is 25.3 Å². The number of carboxylic acid groups (broad SMARTS) is 1. The van der Waals surface area contributed by atoms with Gasteiger partial charge < -0.3 is 46.5 Å². The topological polar surface area (TPSA) is 216 Å². The quantitative estimate of drug-likeness (QED) is 0.0229. The van der Waals surface area contributed by atoms with Crippen LogP contribution >= 0.6 is 0 Å². The van der Waals surface area contributed by atoms with Crippen molar-refractivity contribution in [2.75, 3.05) is 5.73 Å². The lowest BCUT2D eigenvalue weighted by atomic mass is 9.79. The second kappa shape index (κ2) is 23.0. The van der Waals surface area contributed by atoms with E-state index in [9.17, 15) is 40.5 Å². The van der Waals surface area contributed by atoms with E-state index in [0.29, 0.717) is 71.9 Å².